The first-order chi connectivity index (χ1) is 17.1. The van der Waals surface area contributed by atoms with Gasteiger partial charge in [0, 0.05) is 30.0 Å². The minimum atomic E-state index is -0.511. The minimum Gasteiger partial charge on any atom is -0.475 e. The highest BCUT2D eigenvalue weighted by Gasteiger charge is 2.23. The molecule has 1 aliphatic heterocycles. The number of hydrogen-bond acceptors (Lipinski definition) is 8. The molecule has 0 unspecified atom stereocenters. The number of ether oxygens (including phenoxy) is 2. The number of anilines is 2. The molecule has 3 N–H and O–H groups in total. The second kappa shape index (κ2) is 10.2. The molecule has 182 valence electrons. The molecule has 1 aromatic carbocycles. The number of benzene rings is 1. The molecule has 4 aromatic rings. The highest BCUT2D eigenvalue weighted by molar-refractivity contribution is 5.96. The van der Waals surface area contributed by atoms with Gasteiger partial charge in [0.1, 0.15) is 12.4 Å². The zero-order valence-corrected chi connectivity index (χ0v) is 19.4. The van der Waals surface area contributed by atoms with E-state index in [9.17, 15) is 9.50 Å². The van der Waals surface area contributed by atoms with E-state index in [1.54, 1.807) is 42.9 Å². The van der Waals surface area contributed by atoms with E-state index >= 15 is 0 Å². The van der Waals surface area contributed by atoms with Gasteiger partial charge in [-0.25, -0.2) is 4.39 Å². The summed E-state index contributed by atoms with van der Waals surface area (Å²) in [5, 5.41) is 20.7. The monoisotopic (exact) mass is 478 g/mol. The van der Waals surface area contributed by atoms with Crippen molar-refractivity contribution in [3.8, 4) is 17.4 Å². The standard InChI is InChI=1S/C25H27FN6O3/c1-16-4-6-19(12-28-16)35-23-7-5-17(11-20(23)26)29-21-13-27-14-22-24(21)25(31-30-22)34-10-9-32-8-2-3-18(32)15-33/h4-7,11-14,18,29,33H,2-3,8-10,15H2,1H3,(H,30,31)/t18-/m1/s1. The number of halogens is 1. The van der Waals surface area contributed by atoms with Crippen molar-refractivity contribution < 1.29 is 19.0 Å². The van der Waals surface area contributed by atoms with Crippen LogP contribution >= 0.6 is 0 Å². The summed E-state index contributed by atoms with van der Waals surface area (Å²) in [5.74, 6) is 0.497. The number of fused-ring (bicyclic) bond motifs is 1. The van der Waals surface area contributed by atoms with E-state index in [0.29, 0.717) is 41.7 Å². The van der Waals surface area contributed by atoms with Gasteiger partial charge in [-0.05, 0) is 50.6 Å². The Balaban J connectivity index is 1.29. The Morgan fingerprint density at radius 2 is 2.14 bits per heavy atom. The average Bonchev–Trinajstić information content (AvgIpc) is 3.49. The zero-order chi connectivity index (χ0) is 24.2. The van der Waals surface area contributed by atoms with Crippen LogP contribution in [0.4, 0.5) is 15.8 Å². The number of aliphatic hydroxyl groups is 1. The first-order valence-corrected chi connectivity index (χ1v) is 11.6. The molecule has 4 heterocycles. The minimum absolute atomic E-state index is 0.105. The van der Waals surface area contributed by atoms with Crippen molar-refractivity contribution in [2.75, 3.05) is 31.6 Å². The molecule has 1 fully saturated rings. The maximum Gasteiger partial charge on any atom is 0.242 e. The summed E-state index contributed by atoms with van der Waals surface area (Å²) in [7, 11) is 0. The van der Waals surface area contributed by atoms with E-state index in [0.717, 1.165) is 30.5 Å². The highest BCUT2D eigenvalue weighted by Crippen LogP contribution is 2.33. The normalized spacial score (nSPS) is 16.0. The molecule has 0 amide bonds. The number of hydrogen-bond donors (Lipinski definition) is 3. The largest absolute Gasteiger partial charge is 0.475 e. The Hall–Kier alpha value is -3.76. The predicted octanol–water partition coefficient (Wildman–Crippen LogP) is 4.17. The van der Waals surface area contributed by atoms with E-state index in [1.165, 1.54) is 6.07 Å². The number of aromatic nitrogens is 4. The second-order valence-electron chi connectivity index (χ2n) is 8.51. The Morgan fingerprint density at radius 3 is 2.94 bits per heavy atom. The van der Waals surface area contributed by atoms with Crippen molar-refractivity contribution in [1.29, 1.82) is 0 Å². The van der Waals surface area contributed by atoms with Gasteiger partial charge in [0.25, 0.3) is 0 Å². The molecule has 0 aliphatic carbocycles. The lowest BCUT2D eigenvalue weighted by molar-refractivity contribution is 0.138. The lowest BCUT2D eigenvalue weighted by Gasteiger charge is -2.22. The van der Waals surface area contributed by atoms with Gasteiger partial charge >= 0.3 is 0 Å². The van der Waals surface area contributed by atoms with E-state index in [1.807, 2.05) is 6.92 Å². The smallest absolute Gasteiger partial charge is 0.242 e. The molecule has 9 nitrogen and oxygen atoms in total. The van der Waals surface area contributed by atoms with Crippen LogP contribution < -0.4 is 14.8 Å². The molecule has 0 bridgehead atoms. The summed E-state index contributed by atoms with van der Waals surface area (Å²) in [4.78, 5) is 10.6. The van der Waals surface area contributed by atoms with Crippen LogP contribution in [0, 0.1) is 12.7 Å². The third-order valence-electron chi connectivity index (χ3n) is 6.09. The lowest BCUT2D eigenvalue weighted by atomic mass is 10.2. The first-order valence-electron chi connectivity index (χ1n) is 11.6. The van der Waals surface area contributed by atoms with Crippen molar-refractivity contribution in [1.82, 2.24) is 25.1 Å². The summed E-state index contributed by atoms with van der Waals surface area (Å²) in [6, 6.07) is 8.39. The maximum atomic E-state index is 14.8. The van der Waals surface area contributed by atoms with Crippen molar-refractivity contribution in [2.24, 2.45) is 0 Å². The number of H-pyrrole nitrogens is 1. The molecule has 10 heteroatoms. The van der Waals surface area contributed by atoms with Crippen LogP contribution in [0.3, 0.4) is 0 Å². The van der Waals surface area contributed by atoms with Crippen LogP contribution in [0.2, 0.25) is 0 Å². The molecule has 0 spiro atoms. The van der Waals surface area contributed by atoms with E-state index in [4.69, 9.17) is 9.47 Å². The van der Waals surface area contributed by atoms with Crippen molar-refractivity contribution >= 4 is 22.3 Å². The quantitative estimate of drug-likeness (QED) is 0.329. The van der Waals surface area contributed by atoms with Crippen molar-refractivity contribution in [3.05, 3.63) is 60.4 Å². The molecule has 1 saturated heterocycles. The van der Waals surface area contributed by atoms with Crippen LogP contribution in [0.1, 0.15) is 18.5 Å². The Kier molecular flexibility index (Phi) is 6.73. The topological polar surface area (TPSA) is 108 Å². The van der Waals surface area contributed by atoms with Gasteiger partial charge < -0.3 is 19.9 Å². The number of aryl methyl sites for hydroxylation is 1. The number of aliphatic hydroxyl groups excluding tert-OH is 1. The van der Waals surface area contributed by atoms with Crippen LogP contribution in [-0.4, -0.2) is 62.5 Å². The number of nitrogens with one attached hydrogen (secondary N) is 2. The summed E-state index contributed by atoms with van der Waals surface area (Å²) < 4.78 is 26.4. The Morgan fingerprint density at radius 1 is 1.23 bits per heavy atom. The van der Waals surface area contributed by atoms with Gasteiger partial charge in [0.2, 0.25) is 5.88 Å². The molecule has 35 heavy (non-hydrogen) atoms. The fourth-order valence-corrected chi connectivity index (χ4v) is 4.26. The van der Waals surface area contributed by atoms with Gasteiger partial charge in [0.15, 0.2) is 11.6 Å². The predicted molar refractivity (Wildman–Crippen MR) is 130 cm³/mol. The van der Waals surface area contributed by atoms with E-state index in [2.05, 4.69) is 30.4 Å². The average molecular weight is 479 g/mol. The SMILES string of the molecule is Cc1ccc(Oc2ccc(Nc3cncc4[nH]nc(OCCN5CCC[C@@H]5CO)c34)cc2F)cn1. The van der Waals surface area contributed by atoms with Gasteiger partial charge in [-0.1, -0.05) is 0 Å². The Bertz CT molecular complexity index is 1300. The third kappa shape index (κ3) is 5.18. The number of pyridine rings is 2. The van der Waals surface area contributed by atoms with Crippen LogP contribution in [-0.2, 0) is 0 Å². The molecular weight excluding hydrogens is 451 g/mol. The lowest BCUT2D eigenvalue weighted by Crippen LogP contribution is -2.35. The van der Waals surface area contributed by atoms with Gasteiger partial charge in [0.05, 0.1) is 41.8 Å². The van der Waals surface area contributed by atoms with E-state index in [-0.39, 0.29) is 18.4 Å². The summed E-state index contributed by atoms with van der Waals surface area (Å²) in [6.45, 7) is 4.13. The molecule has 0 radical (unpaired) electrons. The van der Waals surface area contributed by atoms with Crippen molar-refractivity contribution in [2.45, 2.75) is 25.8 Å². The summed E-state index contributed by atoms with van der Waals surface area (Å²) in [5.41, 5.74) is 2.72. The number of nitrogens with zero attached hydrogens (tertiary/aromatic N) is 4. The molecular formula is C25H27FN6O3. The van der Waals surface area contributed by atoms with Crippen molar-refractivity contribution in [3.63, 3.8) is 0 Å². The molecule has 1 aliphatic rings. The number of rotatable bonds is 9. The third-order valence-corrected chi connectivity index (χ3v) is 6.09. The van der Waals surface area contributed by atoms with Gasteiger partial charge in [-0.2, -0.15) is 0 Å². The molecule has 3 aromatic heterocycles. The Labute approximate surface area is 201 Å². The van der Waals surface area contributed by atoms with Gasteiger partial charge in [-0.15, -0.1) is 5.10 Å². The fourth-order valence-electron chi connectivity index (χ4n) is 4.26. The first kappa shape index (κ1) is 23.0. The summed E-state index contributed by atoms with van der Waals surface area (Å²) >= 11 is 0. The number of aromatic amines is 1. The fraction of sp³-hybridized carbons (Fsp3) is 0.320. The van der Waals surface area contributed by atoms with Crippen LogP contribution in [0.25, 0.3) is 10.9 Å². The zero-order valence-electron chi connectivity index (χ0n) is 19.4. The van der Waals surface area contributed by atoms with Crippen LogP contribution in [0.5, 0.6) is 17.4 Å². The molecule has 1 atom stereocenters. The maximum absolute atomic E-state index is 14.8. The molecule has 0 saturated carbocycles. The van der Waals surface area contributed by atoms with E-state index < -0.39 is 5.82 Å². The van der Waals surface area contributed by atoms with Crippen LogP contribution in [0.15, 0.2) is 48.9 Å². The highest BCUT2D eigenvalue weighted by atomic mass is 19.1. The number of likely N-dealkylation sites (tertiary alicyclic amines) is 1. The van der Waals surface area contributed by atoms with Gasteiger partial charge in [-0.3, -0.25) is 20.0 Å². The molecule has 5 rings (SSSR count). The summed E-state index contributed by atoms with van der Waals surface area (Å²) in [6.07, 6.45) is 6.95. The second-order valence-corrected chi connectivity index (χ2v) is 8.51.